The number of carbonyl (C=O) groups is 2. The Hall–Kier alpha value is -2.39. The molecule has 0 N–H and O–H groups in total. The molecule has 2 saturated heterocycles. The summed E-state index contributed by atoms with van der Waals surface area (Å²) in [6.45, 7) is 11.3. The fraction of sp³-hybridized carbons (Fsp3) is 0.591. The Kier molecular flexibility index (Phi) is 6.04. The minimum atomic E-state index is -0.282. The Morgan fingerprint density at radius 3 is 2.46 bits per heavy atom. The summed E-state index contributed by atoms with van der Waals surface area (Å²) in [5.74, 6) is 0.0792. The van der Waals surface area contributed by atoms with Crippen molar-refractivity contribution in [2.45, 2.75) is 40.2 Å². The number of nitrogens with zero attached hydrogens (tertiary/aromatic N) is 4. The van der Waals surface area contributed by atoms with Crippen LogP contribution in [0.15, 0.2) is 18.2 Å². The van der Waals surface area contributed by atoms with E-state index in [9.17, 15) is 14.9 Å². The molecule has 2 fully saturated rings. The molecule has 1 aromatic carbocycles. The Bertz CT molecular complexity index is 790. The number of aryl methyl sites for hydroxylation is 1. The maximum atomic E-state index is 13.0. The van der Waals surface area contributed by atoms with Gasteiger partial charge in [-0.15, -0.1) is 0 Å². The molecule has 6 nitrogen and oxygen atoms in total. The molecule has 0 spiro atoms. The van der Waals surface area contributed by atoms with E-state index in [1.54, 1.807) is 4.90 Å². The van der Waals surface area contributed by atoms with Gasteiger partial charge in [-0.1, -0.05) is 26.0 Å². The maximum Gasteiger partial charge on any atom is 0.228 e. The highest BCUT2D eigenvalue weighted by Crippen LogP contribution is 2.30. The molecular formula is C22H30N4O2. The number of rotatable bonds is 4. The van der Waals surface area contributed by atoms with Crippen LogP contribution in [0.1, 0.15) is 31.4 Å². The molecule has 2 aliphatic rings. The molecule has 0 aromatic heterocycles. The lowest BCUT2D eigenvalue weighted by Gasteiger charge is -2.38. The van der Waals surface area contributed by atoms with Crippen LogP contribution >= 0.6 is 0 Å². The molecule has 0 saturated carbocycles. The smallest absolute Gasteiger partial charge is 0.228 e. The van der Waals surface area contributed by atoms with Gasteiger partial charge in [0.15, 0.2) is 0 Å². The minimum absolute atomic E-state index is 0.0232. The van der Waals surface area contributed by atoms with Crippen molar-refractivity contribution in [3.8, 4) is 6.07 Å². The van der Waals surface area contributed by atoms with Crippen LogP contribution in [0.5, 0.6) is 0 Å². The highest BCUT2D eigenvalue weighted by molar-refractivity contribution is 6.01. The van der Waals surface area contributed by atoms with Gasteiger partial charge in [-0.3, -0.25) is 14.5 Å². The zero-order chi connectivity index (χ0) is 20.4. The van der Waals surface area contributed by atoms with Crippen molar-refractivity contribution in [2.75, 3.05) is 37.6 Å². The highest BCUT2D eigenvalue weighted by atomic mass is 16.2. The van der Waals surface area contributed by atoms with Gasteiger partial charge < -0.3 is 9.80 Å². The van der Waals surface area contributed by atoms with E-state index in [4.69, 9.17) is 0 Å². The summed E-state index contributed by atoms with van der Waals surface area (Å²) in [4.78, 5) is 31.4. The van der Waals surface area contributed by atoms with Crippen LogP contribution in [-0.4, -0.2) is 60.4 Å². The van der Waals surface area contributed by atoms with Crippen LogP contribution in [0.2, 0.25) is 0 Å². The lowest BCUT2D eigenvalue weighted by molar-refractivity contribution is -0.137. The van der Waals surface area contributed by atoms with Crippen molar-refractivity contribution in [2.24, 2.45) is 11.8 Å². The average molecular weight is 383 g/mol. The van der Waals surface area contributed by atoms with Gasteiger partial charge in [-0.25, -0.2) is 0 Å². The molecule has 150 valence electrons. The second-order valence-electron chi connectivity index (χ2n) is 8.30. The fourth-order valence-corrected chi connectivity index (χ4v) is 4.26. The molecule has 6 heteroatoms. The topological polar surface area (TPSA) is 67.7 Å². The number of anilines is 1. The number of piperazine rings is 1. The number of carbonyl (C=O) groups excluding carboxylic acids is 2. The molecule has 2 amide bonds. The molecule has 0 bridgehead atoms. The SMILES string of the molecule is Cc1cccc(N2CC(C(=O)N3CCN(C(C#N)C(C)C)CC3)CC2=O)c1C. The molecule has 1 aromatic rings. The van der Waals surface area contributed by atoms with Crippen molar-refractivity contribution < 1.29 is 9.59 Å². The lowest BCUT2D eigenvalue weighted by atomic mass is 10.0. The Balaban J connectivity index is 1.63. The van der Waals surface area contributed by atoms with E-state index in [2.05, 4.69) is 24.8 Å². The van der Waals surface area contributed by atoms with Crippen LogP contribution < -0.4 is 4.90 Å². The van der Waals surface area contributed by atoms with E-state index in [0.29, 0.717) is 32.7 Å². The molecule has 28 heavy (non-hydrogen) atoms. The molecular weight excluding hydrogens is 352 g/mol. The van der Waals surface area contributed by atoms with Gasteiger partial charge in [-0.2, -0.15) is 5.26 Å². The molecule has 3 rings (SSSR count). The molecule has 2 atom stereocenters. The van der Waals surface area contributed by atoms with Gasteiger partial charge in [0.25, 0.3) is 0 Å². The monoisotopic (exact) mass is 382 g/mol. The van der Waals surface area contributed by atoms with E-state index in [0.717, 1.165) is 16.8 Å². The number of amides is 2. The van der Waals surface area contributed by atoms with E-state index < -0.39 is 0 Å². The normalized spacial score (nSPS) is 21.9. The van der Waals surface area contributed by atoms with Gasteiger partial charge in [0.2, 0.25) is 11.8 Å². The first kappa shape index (κ1) is 20.3. The van der Waals surface area contributed by atoms with Crippen LogP contribution in [0.3, 0.4) is 0 Å². The number of hydrogen-bond donors (Lipinski definition) is 0. The zero-order valence-electron chi connectivity index (χ0n) is 17.3. The summed E-state index contributed by atoms with van der Waals surface area (Å²) in [6.07, 6.45) is 0.277. The van der Waals surface area contributed by atoms with Gasteiger partial charge >= 0.3 is 0 Å². The molecule has 0 aliphatic carbocycles. The zero-order valence-corrected chi connectivity index (χ0v) is 17.3. The van der Waals surface area contributed by atoms with Crippen LogP contribution in [0.4, 0.5) is 5.69 Å². The van der Waals surface area contributed by atoms with Crippen molar-refractivity contribution >= 4 is 17.5 Å². The van der Waals surface area contributed by atoms with E-state index in [1.165, 1.54) is 0 Å². The summed E-state index contributed by atoms with van der Waals surface area (Å²) in [5.41, 5.74) is 3.15. The second-order valence-corrected chi connectivity index (χ2v) is 8.30. The van der Waals surface area contributed by atoms with Gasteiger partial charge in [0.05, 0.1) is 12.0 Å². The van der Waals surface area contributed by atoms with Gasteiger partial charge in [0, 0.05) is 44.8 Å². The first-order valence-electron chi connectivity index (χ1n) is 10.1. The third kappa shape index (κ3) is 3.90. The minimum Gasteiger partial charge on any atom is -0.340 e. The number of nitriles is 1. The number of hydrogen-bond acceptors (Lipinski definition) is 4. The number of benzene rings is 1. The summed E-state index contributed by atoms with van der Waals surface area (Å²) < 4.78 is 0. The summed E-state index contributed by atoms with van der Waals surface area (Å²) in [7, 11) is 0. The van der Waals surface area contributed by atoms with E-state index in [-0.39, 0.29) is 36.1 Å². The standard InChI is InChI=1S/C22H30N4O2/c1-15(2)20(13-23)24-8-10-25(11-9-24)22(28)18-12-21(27)26(14-18)19-7-5-6-16(3)17(19)4/h5-7,15,18,20H,8-12,14H2,1-4H3. The van der Waals surface area contributed by atoms with Crippen molar-refractivity contribution in [3.05, 3.63) is 29.3 Å². The summed E-state index contributed by atoms with van der Waals surface area (Å²) in [5, 5.41) is 9.39. The third-order valence-corrected chi connectivity index (χ3v) is 6.12. The van der Waals surface area contributed by atoms with Crippen molar-refractivity contribution in [1.82, 2.24) is 9.80 Å². The largest absolute Gasteiger partial charge is 0.340 e. The average Bonchev–Trinajstić information content (AvgIpc) is 3.06. The van der Waals surface area contributed by atoms with Crippen LogP contribution in [0.25, 0.3) is 0 Å². The molecule has 2 aliphatic heterocycles. The predicted molar refractivity (Wildman–Crippen MR) is 109 cm³/mol. The van der Waals surface area contributed by atoms with Crippen molar-refractivity contribution in [1.29, 1.82) is 5.26 Å². The molecule has 2 unspecified atom stereocenters. The van der Waals surface area contributed by atoms with Gasteiger partial charge in [0.1, 0.15) is 6.04 Å². The first-order valence-corrected chi connectivity index (χ1v) is 10.1. The van der Waals surface area contributed by atoms with Crippen LogP contribution in [0, 0.1) is 37.0 Å². The van der Waals surface area contributed by atoms with Crippen LogP contribution in [-0.2, 0) is 9.59 Å². The van der Waals surface area contributed by atoms with Crippen molar-refractivity contribution in [3.63, 3.8) is 0 Å². The maximum absolute atomic E-state index is 13.0. The predicted octanol–water partition coefficient (Wildman–Crippen LogP) is 2.35. The first-order chi connectivity index (χ1) is 13.3. The Morgan fingerprint density at radius 1 is 1.18 bits per heavy atom. The lowest BCUT2D eigenvalue weighted by Crippen LogP contribution is -2.54. The van der Waals surface area contributed by atoms with E-state index >= 15 is 0 Å². The summed E-state index contributed by atoms with van der Waals surface area (Å²) in [6, 6.07) is 8.23. The van der Waals surface area contributed by atoms with E-state index in [1.807, 2.05) is 36.9 Å². The Labute approximate surface area is 167 Å². The third-order valence-electron chi connectivity index (χ3n) is 6.12. The molecule has 2 heterocycles. The Morgan fingerprint density at radius 2 is 1.86 bits per heavy atom. The fourth-order valence-electron chi connectivity index (χ4n) is 4.26. The molecule has 0 radical (unpaired) electrons. The highest BCUT2D eigenvalue weighted by Gasteiger charge is 2.39. The summed E-state index contributed by atoms with van der Waals surface area (Å²) >= 11 is 0. The quantitative estimate of drug-likeness (QED) is 0.802. The van der Waals surface area contributed by atoms with Gasteiger partial charge in [-0.05, 0) is 37.0 Å². The second kappa shape index (κ2) is 8.32.